The first-order valence-corrected chi connectivity index (χ1v) is 7.66. The molecular formula is C17H26FNO. The van der Waals surface area contributed by atoms with Crippen molar-refractivity contribution in [2.75, 3.05) is 6.54 Å². The van der Waals surface area contributed by atoms with Crippen molar-refractivity contribution < 1.29 is 9.13 Å². The molecule has 1 N–H and O–H groups in total. The Morgan fingerprint density at radius 3 is 2.55 bits per heavy atom. The van der Waals surface area contributed by atoms with E-state index in [2.05, 4.69) is 33.0 Å². The van der Waals surface area contributed by atoms with Gasteiger partial charge in [-0.25, -0.2) is 4.39 Å². The highest BCUT2D eigenvalue weighted by molar-refractivity contribution is 5.18. The summed E-state index contributed by atoms with van der Waals surface area (Å²) in [5.41, 5.74) is 1.05. The van der Waals surface area contributed by atoms with Crippen LogP contribution in [0.4, 0.5) is 4.39 Å². The van der Waals surface area contributed by atoms with Gasteiger partial charge in [0.05, 0.1) is 12.2 Å². The largest absolute Gasteiger partial charge is 0.375 e. The Balaban J connectivity index is 2.14. The second-order valence-electron chi connectivity index (χ2n) is 5.98. The van der Waals surface area contributed by atoms with E-state index in [-0.39, 0.29) is 11.9 Å². The first-order valence-electron chi connectivity index (χ1n) is 7.66. The summed E-state index contributed by atoms with van der Waals surface area (Å²) >= 11 is 0. The number of hydrogen-bond donors (Lipinski definition) is 1. The smallest absolute Gasteiger partial charge is 0.123 e. The van der Waals surface area contributed by atoms with Crippen molar-refractivity contribution in [2.45, 2.75) is 52.4 Å². The molecule has 1 aromatic rings. The monoisotopic (exact) mass is 279 g/mol. The maximum atomic E-state index is 13.4. The summed E-state index contributed by atoms with van der Waals surface area (Å²) in [5, 5.41) is 3.57. The average molecular weight is 279 g/mol. The van der Waals surface area contributed by atoms with Crippen LogP contribution in [0.25, 0.3) is 0 Å². The van der Waals surface area contributed by atoms with Crippen molar-refractivity contribution in [1.29, 1.82) is 0 Å². The Hall–Kier alpha value is -0.930. The maximum absolute atomic E-state index is 13.4. The summed E-state index contributed by atoms with van der Waals surface area (Å²) < 4.78 is 19.3. The second kappa shape index (κ2) is 6.68. The van der Waals surface area contributed by atoms with Gasteiger partial charge in [-0.15, -0.1) is 0 Å². The molecule has 112 valence electrons. The second-order valence-corrected chi connectivity index (χ2v) is 5.98. The fourth-order valence-electron chi connectivity index (χ4n) is 3.51. The van der Waals surface area contributed by atoms with Crippen LogP contribution in [-0.4, -0.2) is 24.8 Å². The van der Waals surface area contributed by atoms with Crippen molar-refractivity contribution in [3.05, 3.63) is 35.6 Å². The number of likely N-dealkylation sites (N-methyl/N-ethyl adjacent to an activating group) is 1. The molecular weight excluding hydrogens is 253 g/mol. The van der Waals surface area contributed by atoms with Crippen LogP contribution in [0.5, 0.6) is 0 Å². The zero-order chi connectivity index (χ0) is 14.7. The van der Waals surface area contributed by atoms with E-state index < -0.39 is 0 Å². The Bertz CT molecular complexity index is 437. The van der Waals surface area contributed by atoms with E-state index in [4.69, 9.17) is 4.74 Å². The molecule has 1 aliphatic heterocycles. The number of rotatable bonds is 5. The minimum absolute atomic E-state index is 0.158. The number of hydrogen-bond acceptors (Lipinski definition) is 2. The summed E-state index contributed by atoms with van der Waals surface area (Å²) in [5.74, 6) is 0.825. The van der Waals surface area contributed by atoms with Gasteiger partial charge in [-0.3, -0.25) is 0 Å². The highest BCUT2D eigenvalue weighted by Crippen LogP contribution is 2.35. The highest BCUT2D eigenvalue weighted by atomic mass is 19.1. The first kappa shape index (κ1) is 15.5. The van der Waals surface area contributed by atoms with Gasteiger partial charge < -0.3 is 10.1 Å². The maximum Gasteiger partial charge on any atom is 0.123 e. The Morgan fingerprint density at radius 1 is 1.25 bits per heavy atom. The summed E-state index contributed by atoms with van der Waals surface area (Å²) in [6.45, 7) is 9.60. The van der Waals surface area contributed by atoms with E-state index in [9.17, 15) is 4.39 Å². The number of benzene rings is 1. The Labute approximate surface area is 121 Å². The van der Waals surface area contributed by atoms with Crippen LogP contribution in [0, 0.1) is 17.7 Å². The van der Waals surface area contributed by atoms with E-state index in [1.54, 1.807) is 12.1 Å². The standard InChI is InChI=1S/C17H26FNO/c1-5-19-16(10-14-7-6-8-15(18)9-14)17-11(2)12(3)20-13(17)4/h6-9,11-13,16-17,19H,5,10H2,1-4H3. The molecule has 5 unspecified atom stereocenters. The van der Waals surface area contributed by atoms with Gasteiger partial charge in [0.1, 0.15) is 5.82 Å². The molecule has 0 aliphatic carbocycles. The fourth-order valence-corrected chi connectivity index (χ4v) is 3.51. The highest BCUT2D eigenvalue weighted by Gasteiger charge is 2.41. The molecule has 2 rings (SSSR count). The van der Waals surface area contributed by atoms with Crippen molar-refractivity contribution in [2.24, 2.45) is 11.8 Å². The van der Waals surface area contributed by atoms with E-state index in [0.29, 0.717) is 24.0 Å². The van der Waals surface area contributed by atoms with Crippen LogP contribution in [0.2, 0.25) is 0 Å². The summed E-state index contributed by atoms with van der Waals surface area (Å²) in [6, 6.07) is 7.25. The fraction of sp³-hybridized carbons (Fsp3) is 0.647. The average Bonchev–Trinajstić information content (AvgIpc) is 2.63. The lowest BCUT2D eigenvalue weighted by molar-refractivity contribution is 0.0476. The molecule has 0 aromatic heterocycles. The van der Waals surface area contributed by atoms with Crippen LogP contribution >= 0.6 is 0 Å². The molecule has 0 amide bonds. The van der Waals surface area contributed by atoms with Crippen LogP contribution < -0.4 is 5.32 Å². The van der Waals surface area contributed by atoms with Gasteiger partial charge in [0, 0.05) is 12.0 Å². The summed E-state index contributed by atoms with van der Waals surface area (Å²) in [6.07, 6.45) is 1.39. The predicted octanol–water partition coefficient (Wildman–Crippen LogP) is 3.41. The van der Waals surface area contributed by atoms with Crippen LogP contribution in [0.15, 0.2) is 24.3 Å². The van der Waals surface area contributed by atoms with E-state index in [0.717, 1.165) is 18.5 Å². The number of nitrogens with one attached hydrogen (secondary N) is 1. The lowest BCUT2D eigenvalue weighted by atomic mass is 9.81. The Kier molecular flexibility index (Phi) is 5.17. The van der Waals surface area contributed by atoms with Gasteiger partial charge in [0.25, 0.3) is 0 Å². The van der Waals surface area contributed by atoms with Gasteiger partial charge in [0.15, 0.2) is 0 Å². The SMILES string of the molecule is CCNC(Cc1cccc(F)c1)C1C(C)OC(C)C1C. The summed E-state index contributed by atoms with van der Waals surface area (Å²) in [4.78, 5) is 0. The minimum atomic E-state index is -0.158. The van der Waals surface area contributed by atoms with E-state index >= 15 is 0 Å². The van der Waals surface area contributed by atoms with Crippen molar-refractivity contribution in [3.63, 3.8) is 0 Å². The lowest BCUT2D eigenvalue weighted by Gasteiger charge is -2.30. The van der Waals surface area contributed by atoms with Crippen molar-refractivity contribution in [3.8, 4) is 0 Å². The molecule has 1 fully saturated rings. The zero-order valence-electron chi connectivity index (χ0n) is 12.9. The molecule has 2 nitrogen and oxygen atoms in total. The van der Waals surface area contributed by atoms with Gasteiger partial charge in [0.2, 0.25) is 0 Å². The number of ether oxygens (including phenoxy) is 1. The van der Waals surface area contributed by atoms with Gasteiger partial charge in [-0.05, 0) is 50.4 Å². The van der Waals surface area contributed by atoms with Crippen LogP contribution in [0.3, 0.4) is 0 Å². The van der Waals surface area contributed by atoms with Crippen molar-refractivity contribution >= 4 is 0 Å². The van der Waals surface area contributed by atoms with E-state index in [1.165, 1.54) is 6.07 Å². The molecule has 5 atom stereocenters. The van der Waals surface area contributed by atoms with Gasteiger partial charge in [-0.2, -0.15) is 0 Å². The van der Waals surface area contributed by atoms with Crippen molar-refractivity contribution in [1.82, 2.24) is 5.32 Å². The third-order valence-corrected chi connectivity index (χ3v) is 4.59. The molecule has 20 heavy (non-hydrogen) atoms. The quantitative estimate of drug-likeness (QED) is 0.892. The molecule has 1 heterocycles. The third kappa shape index (κ3) is 3.39. The molecule has 0 spiro atoms. The zero-order valence-corrected chi connectivity index (χ0v) is 12.9. The molecule has 1 aliphatic rings. The van der Waals surface area contributed by atoms with Crippen LogP contribution in [-0.2, 0) is 11.2 Å². The molecule has 0 bridgehead atoms. The van der Waals surface area contributed by atoms with Gasteiger partial charge in [-0.1, -0.05) is 26.0 Å². The molecule has 0 radical (unpaired) electrons. The summed E-state index contributed by atoms with van der Waals surface area (Å²) in [7, 11) is 0. The Morgan fingerprint density at radius 2 is 2.00 bits per heavy atom. The molecule has 1 saturated heterocycles. The lowest BCUT2D eigenvalue weighted by Crippen LogP contribution is -2.43. The third-order valence-electron chi connectivity index (χ3n) is 4.59. The minimum Gasteiger partial charge on any atom is -0.375 e. The predicted molar refractivity (Wildman–Crippen MR) is 80.2 cm³/mol. The number of halogens is 1. The van der Waals surface area contributed by atoms with Crippen LogP contribution in [0.1, 0.15) is 33.3 Å². The topological polar surface area (TPSA) is 21.3 Å². The molecule has 1 aromatic carbocycles. The first-order chi connectivity index (χ1) is 9.52. The van der Waals surface area contributed by atoms with Gasteiger partial charge >= 0.3 is 0 Å². The molecule has 0 saturated carbocycles. The molecule has 3 heteroatoms. The normalized spacial score (nSPS) is 31.4. The van der Waals surface area contributed by atoms with E-state index in [1.807, 2.05) is 6.07 Å².